The zero-order valence-corrected chi connectivity index (χ0v) is 40.4. The monoisotopic (exact) mass is 996 g/mol. The average molecular weight is 998 g/mol. The van der Waals surface area contributed by atoms with Gasteiger partial charge in [0.1, 0.15) is 28.3 Å². The number of thiocarbonyl (C=S) groups is 1. The largest absolute Gasteiger partial charge is 0.494 e. The number of carbonyl (C=O) groups excluding carboxylic acids is 2. The van der Waals surface area contributed by atoms with Gasteiger partial charge in [0.05, 0.1) is 46.6 Å². The average Bonchev–Trinajstić information content (AvgIpc) is 3.68. The molecule has 4 aromatic carbocycles. The van der Waals surface area contributed by atoms with Crippen molar-refractivity contribution in [3.63, 3.8) is 0 Å². The number of halogens is 7. The van der Waals surface area contributed by atoms with Gasteiger partial charge in [0, 0.05) is 48.0 Å². The number of ether oxygens (including phenoxy) is 2. The first-order valence-corrected chi connectivity index (χ1v) is 23.2. The molecule has 2 N–H and O–H groups in total. The minimum absolute atomic E-state index is 0.00166. The van der Waals surface area contributed by atoms with Crippen molar-refractivity contribution in [3.05, 3.63) is 123 Å². The van der Waals surface area contributed by atoms with Gasteiger partial charge in [-0.1, -0.05) is 62.2 Å². The molecule has 2 aliphatic rings. The second-order valence-electron chi connectivity index (χ2n) is 18.5. The summed E-state index contributed by atoms with van der Waals surface area (Å²) in [6, 6.07) is 20.3. The standard InChI is InChI=1S/C50H51Cl2F5N6O4S/c1-47(2,3)27-40-49(29-59,36-20-14-31(51)25-39(36)53)41(35-11-9-12-38(52)42(35)54)43(61-40)44(64)60-21-10-23-66-22-7-6-8-24-67-34-18-16-32(17-19-34)63-46(68)62(45(65)48(63,4)5)33-15-13-30(28-58)37(26-33)50(55,56)57/h9,11-20,25-26,40-41,43,61H,6-8,10,21-24,27H2,1-5H3,(H,60,64). The van der Waals surface area contributed by atoms with Gasteiger partial charge in [-0.25, -0.2) is 8.78 Å². The van der Waals surface area contributed by atoms with Gasteiger partial charge in [-0.15, -0.1) is 0 Å². The fourth-order valence-corrected chi connectivity index (χ4v) is 9.84. The number of benzene rings is 4. The Labute approximate surface area is 408 Å². The summed E-state index contributed by atoms with van der Waals surface area (Å²) in [5, 5.41) is 26.4. The summed E-state index contributed by atoms with van der Waals surface area (Å²) in [6.45, 7) is 10.6. The Morgan fingerprint density at radius 3 is 2.24 bits per heavy atom. The smallest absolute Gasteiger partial charge is 0.417 e. The number of amides is 2. The molecule has 0 radical (unpaired) electrons. The van der Waals surface area contributed by atoms with E-state index in [0.29, 0.717) is 44.1 Å². The van der Waals surface area contributed by atoms with E-state index in [9.17, 15) is 33.3 Å². The fourth-order valence-electron chi connectivity index (χ4n) is 8.98. The van der Waals surface area contributed by atoms with Crippen LogP contribution in [-0.4, -0.2) is 60.9 Å². The molecule has 2 amide bonds. The van der Waals surface area contributed by atoms with E-state index in [4.69, 9.17) is 44.9 Å². The van der Waals surface area contributed by atoms with E-state index in [-0.39, 0.29) is 43.9 Å². The van der Waals surface area contributed by atoms with Crippen LogP contribution in [0.1, 0.15) is 94.9 Å². The Kier molecular flexibility index (Phi) is 16.1. The van der Waals surface area contributed by atoms with Crippen molar-refractivity contribution < 1.29 is 41.0 Å². The van der Waals surface area contributed by atoms with Crippen molar-refractivity contribution >= 4 is 63.7 Å². The molecule has 6 rings (SSSR count). The predicted molar refractivity (Wildman–Crippen MR) is 255 cm³/mol. The van der Waals surface area contributed by atoms with Gasteiger partial charge in [-0.3, -0.25) is 14.5 Å². The van der Waals surface area contributed by atoms with Crippen LogP contribution in [0.2, 0.25) is 10.0 Å². The summed E-state index contributed by atoms with van der Waals surface area (Å²) < 4.78 is 84.7. The van der Waals surface area contributed by atoms with Gasteiger partial charge in [0.15, 0.2) is 5.11 Å². The second kappa shape index (κ2) is 21.1. The number of unbranched alkanes of at least 4 members (excludes halogenated alkanes) is 2. The lowest BCUT2D eigenvalue weighted by Gasteiger charge is -2.37. The minimum atomic E-state index is -4.81. The highest BCUT2D eigenvalue weighted by Crippen LogP contribution is 2.53. The lowest BCUT2D eigenvalue weighted by Crippen LogP contribution is -2.46. The Bertz CT molecular complexity index is 2610. The molecule has 2 fully saturated rings. The second-order valence-corrected chi connectivity index (χ2v) is 19.7. The number of alkyl halides is 3. The van der Waals surface area contributed by atoms with Gasteiger partial charge in [0.2, 0.25) is 5.91 Å². The van der Waals surface area contributed by atoms with E-state index < -0.39 is 69.7 Å². The van der Waals surface area contributed by atoms with Crippen LogP contribution < -0.4 is 25.2 Å². The molecule has 0 aromatic heterocycles. The van der Waals surface area contributed by atoms with Crippen molar-refractivity contribution in [3.8, 4) is 17.9 Å². The Morgan fingerprint density at radius 2 is 1.59 bits per heavy atom. The van der Waals surface area contributed by atoms with Gasteiger partial charge in [0.25, 0.3) is 5.91 Å². The number of rotatable bonds is 17. The number of hydrogen-bond acceptors (Lipinski definition) is 8. The zero-order valence-electron chi connectivity index (χ0n) is 38.1. The highest BCUT2D eigenvalue weighted by molar-refractivity contribution is 7.81. The summed E-state index contributed by atoms with van der Waals surface area (Å²) in [7, 11) is 0. The summed E-state index contributed by atoms with van der Waals surface area (Å²) in [6.07, 6.45) is -1.72. The molecule has 2 saturated heterocycles. The van der Waals surface area contributed by atoms with Gasteiger partial charge < -0.3 is 25.0 Å². The van der Waals surface area contributed by atoms with Gasteiger partial charge in [-0.2, -0.15) is 23.7 Å². The predicted octanol–water partition coefficient (Wildman–Crippen LogP) is 11.2. The van der Waals surface area contributed by atoms with E-state index in [1.165, 1.54) is 36.4 Å². The summed E-state index contributed by atoms with van der Waals surface area (Å²) in [4.78, 5) is 30.2. The number of nitriles is 2. The summed E-state index contributed by atoms with van der Waals surface area (Å²) in [5.74, 6) is -3.14. The molecule has 360 valence electrons. The van der Waals surface area contributed by atoms with E-state index in [1.807, 2.05) is 20.8 Å². The lowest BCUT2D eigenvalue weighted by atomic mass is 9.62. The zero-order chi connectivity index (χ0) is 49.8. The molecule has 4 aromatic rings. The molecule has 4 atom stereocenters. The van der Waals surface area contributed by atoms with E-state index in [0.717, 1.165) is 42.4 Å². The summed E-state index contributed by atoms with van der Waals surface area (Å²) in [5.41, 5.74) is -4.60. The molecule has 68 heavy (non-hydrogen) atoms. The molecular weight excluding hydrogens is 947 g/mol. The maximum absolute atomic E-state index is 15.9. The highest BCUT2D eigenvalue weighted by Gasteiger charge is 2.61. The third-order valence-corrected chi connectivity index (χ3v) is 13.0. The molecule has 0 bridgehead atoms. The molecule has 2 aliphatic heterocycles. The highest BCUT2D eigenvalue weighted by atomic mass is 35.5. The number of nitrogens with zero attached hydrogens (tertiary/aromatic N) is 4. The first-order chi connectivity index (χ1) is 32.1. The van der Waals surface area contributed by atoms with Crippen LogP contribution >= 0.6 is 35.4 Å². The molecule has 4 unspecified atom stereocenters. The van der Waals surface area contributed by atoms with Crippen LogP contribution in [0.5, 0.6) is 5.75 Å². The van der Waals surface area contributed by atoms with E-state index in [2.05, 4.69) is 16.7 Å². The Balaban J connectivity index is 0.973. The molecule has 0 saturated carbocycles. The maximum Gasteiger partial charge on any atom is 0.417 e. The van der Waals surface area contributed by atoms with Crippen LogP contribution in [0.15, 0.2) is 78.9 Å². The number of hydrogen-bond donors (Lipinski definition) is 2. The third kappa shape index (κ3) is 10.9. The van der Waals surface area contributed by atoms with Gasteiger partial charge in [-0.05, 0) is 130 Å². The van der Waals surface area contributed by atoms with Crippen molar-refractivity contribution in [2.24, 2.45) is 5.41 Å². The molecular formula is C50H51Cl2F5N6O4S. The quantitative estimate of drug-likeness (QED) is 0.0603. The third-order valence-electron chi connectivity index (χ3n) is 12.1. The number of anilines is 2. The van der Waals surface area contributed by atoms with Crippen LogP contribution in [0.3, 0.4) is 0 Å². The SMILES string of the molecule is CC(C)(C)CC1NC(C(=O)NCCCOCCCCCOc2ccc(N3C(=S)N(c4ccc(C#N)c(C(F)(F)F)c4)C(=O)C3(C)C)cc2)C(c2cccc(Cl)c2F)C1(C#N)c1ccc(Cl)cc1F. The Morgan fingerprint density at radius 1 is 0.912 bits per heavy atom. The maximum atomic E-state index is 15.9. The molecule has 10 nitrogen and oxygen atoms in total. The molecule has 18 heteroatoms. The van der Waals surface area contributed by atoms with Crippen LogP contribution in [0, 0.1) is 39.7 Å². The first kappa shape index (κ1) is 52.0. The minimum Gasteiger partial charge on any atom is -0.494 e. The van der Waals surface area contributed by atoms with Crippen molar-refractivity contribution in [1.82, 2.24) is 10.6 Å². The normalized spacial score (nSPS) is 20.4. The number of carbonyl (C=O) groups is 2. The van der Waals surface area contributed by atoms with E-state index >= 15 is 8.78 Å². The molecule has 0 aliphatic carbocycles. The first-order valence-electron chi connectivity index (χ1n) is 22.0. The molecule has 0 spiro atoms. The Hall–Kier alpha value is -5.36. The van der Waals surface area contributed by atoms with Crippen LogP contribution in [0.25, 0.3) is 0 Å². The fraction of sp³-hybridized carbons (Fsp3) is 0.420. The summed E-state index contributed by atoms with van der Waals surface area (Å²) >= 11 is 18.0. The topological polar surface area (TPSA) is 131 Å². The van der Waals surface area contributed by atoms with Crippen molar-refractivity contribution in [2.75, 3.05) is 36.2 Å². The van der Waals surface area contributed by atoms with Gasteiger partial charge >= 0.3 is 6.18 Å². The number of nitrogens with one attached hydrogen (secondary N) is 2. The molecule has 2 heterocycles. The van der Waals surface area contributed by atoms with Crippen LogP contribution in [0.4, 0.5) is 33.3 Å². The van der Waals surface area contributed by atoms with Crippen molar-refractivity contribution in [2.45, 2.75) is 102 Å². The lowest BCUT2D eigenvalue weighted by molar-refractivity contribution is -0.137. The van der Waals surface area contributed by atoms with E-state index in [1.54, 1.807) is 49.1 Å². The van der Waals surface area contributed by atoms with Crippen LogP contribution in [-0.2, 0) is 25.9 Å². The van der Waals surface area contributed by atoms with Crippen molar-refractivity contribution in [1.29, 1.82) is 10.5 Å².